The highest BCUT2D eigenvalue weighted by atomic mass is 35.5. The molecular formula is C23H25Cl2N3O4. The zero-order valence-corrected chi connectivity index (χ0v) is 19.5. The molecule has 0 saturated carbocycles. The Morgan fingerprint density at radius 1 is 0.969 bits per heavy atom. The molecule has 2 aromatic carbocycles. The third-order valence-corrected chi connectivity index (χ3v) is 5.70. The fourth-order valence-electron chi connectivity index (χ4n) is 3.52. The minimum Gasteiger partial charge on any atom is -0.452 e. The first-order chi connectivity index (χ1) is 15.2. The average molecular weight is 478 g/mol. The first kappa shape index (κ1) is 24.0. The van der Waals surface area contributed by atoms with Crippen LogP contribution in [0.3, 0.4) is 0 Å². The summed E-state index contributed by atoms with van der Waals surface area (Å²) >= 11 is 11.8. The van der Waals surface area contributed by atoms with Crippen LogP contribution in [0.25, 0.3) is 0 Å². The number of piperazine rings is 1. The van der Waals surface area contributed by atoms with E-state index in [1.807, 2.05) is 36.9 Å². The van der Waals surface area contributed by atoms with Gasteiger partial charge in [0.2, 0.25) is 5.91 Å². The largest absolute Gasteiger partial charge is 0.452 e. The lowest BCUT2D eigenvalue weighted by Gasteiger charge is -2.34. The number of para-hydroxylation sites is 1. The van der Waals surface area contributed by atoms with Crippen LogP contribution >= 0.6 is 23.2 Å². The highest BCUT2D eigenvalue weighted by Crippen LogP contribution is 2.20. The highest BCUT2D eigenvalue weighted by Gasteiger charge is 2.24. The van der Waals surface area contributed by atoms with Gasteiger partial charge in [-0.3, -0.25) is 14.5 Å². The summed E-state index contributed by atoms with van der Waals surface area (Å²) in [5.41, 5.74) is 3.07. The summed E-state index contributed by atoms with van der Waals surface area (Å²) in [7, 11) is 0. The van der Waals surface area contributed by atoms with Crippen LogP contribution in [0, 0.1) is 13.8 Å². The molecule has 0 aliphatic carbocycles. The van der Waals surface area contributed by atoms with E-state index in [4.69, 9.17) is 27.9 Å². The Kier molecular flexibility index (Phi) is 8.12. The normalized spacial score (nSPS) is 14.2. The second-order valence-corrected chi connectivity index (χ2v) is 8.58. The Balaban J connectivity index is 1.43. The van der Waals surface area contributed by atoms with Gasteiger partial charge in [0.25, 0.3) is 5.91 Å². The number of ether oxygens (including phenoxy) is 1. The van der Waals surface area contributed by atoms with E-state index in [2.05, 4.69) is 5.32 Å². The molecule has 7 nitrogen and oxygen atoms in total. The SMILES string of the molecule is Cc1cccc(C)c1NC(=O)CN1CCN(C(=O)COC(=O)c2cc(Cl)cc(Cl)c2)CC1. The van der Waals surface area contributed by atoms with Crippen LogP contribution in [0.5, 0.6) is 0 Å². The van der Waals surface area contributed by atoms with E-state index >= 15 is 0 Å². The van der Waals surface area contributed by atoms with Crippen LogP contribution in [0.2, 0.25) is 10.0 Å². The number of halogens is 2. The van der Waals surface area contributed by atoms with Crippen LogP contribution in [-0.4, -0.2) is 66.9 Å². The summed E-state index contributed by atoms with van der Waals surface area (Å²) in [6.07, 6.45) is 0. The van der Waals surface area contributed by atoms with Crippen molar-refractivity contribution in [2.45, 2.75) is 13.8 Å². The second kappa shape index (κ2) is 10.8. The molecule has 0 bridgehead atoms. The fourth-order valence-corrected chi connectivity index (χ4v) is 4.05. The maximum atomic E-state index is 12.5. The number of hydrogen-bond acceptors (Lipinski definition) is 5. The van der Waals surface area contributed by atoms with Gasteiger partial charge in [-0.15, -0.1) is 0 Å². The highest BCUT2D eigenvalue weighted by molar-refractivity contribution is 6.35. The van der Waals surface area contributed by atoms with Crippen LogP contribution in [0.1, 0.15) is 21.5 Å². The Hall–Kier alpha value is -2.61. The van der Waals surface area contributed by atoms with Gasteiger partial charge in [0.15, 0.2) is 6.61 Å². The van der Waals surface area contributed by atoms with E-state index in [-0.39, 0.29) is 30.5 Å². The summed E-state index contributed by atoms with van der Waals surface area (Å²) in [5.74, 6) is -1.04. The molecule has 1 aliphatic heterocycles. The number of esters is 1. The van der Waals surface area contributed by atoms with E-state index in [0.29, 0.717) is 36.2 Å². The lowest BCUT2D eigenvalue weighted by molar-refractivity contribution is -0.136. The van der Waals surface area contributed by atoms with Crippen molar-refractivity contribution in [3.8, 4) is 0 Å². The zero-order valence-electron chi connectivity index (χ0n) is 18.0. The van der Waals surface area contributed by atoms with Crippen molar-refractivity contribution in [3.63, 3.8) is 0 Å². The molecule has 0 spiro atoms. The number of rotatable bonds is 6. The van der Waals surface area contributed by atoms with Crippen molar-refractivity contribution in [1.29, 1.82) is 0 Å². The van der Waals surface area contributed by atoms with E-state index in [1.54, 1.807) is 4.90 Å². The van der Waals surface area contributed by atoms with E-state index in [0.717, 1.165) is 16.8 Å². The van der Waals surface area contributed by atoms with Gasteiger partial charge in [0.05, 0.1) is 12.1 Å². The molecule has 1 N–H and O–H groups in total. The number of anilines is 1. The van der Waals surface area contributed by atoms with Crippen LogP contribution in [0.4, 0.5) is 5.69 Å². The molecule has 0 unspecified atom stereocenters. The van der Waals surface area contributed by atoms with Crippen molar-refractivity contribution in [3.05, 3.63) is 63.1 Å². The van der Waals surface area contributed by atoms with Gasteiger partial charge in [0.1, 0.15) is 0 Å². The molecular weight excluding hydrogens is 453 g/mol. The van der Waals surface area contributed by atoms with Gasteiger partial charge in [-0.1, -0.05) is 41.4 Å². The predicted molar refractivity (Wildman–Crippen MR) is 124 cm³/mol. The maximum Gasteiger partial charge on any atom is 0.338 e. The molecule has 0 aromatic heterocycles. The number of nitrogens with one attached hydrogen (secondary N) is 1. The summed E-state index contributed by atoms with van der Waals surface area (Å²) in [6, 6.07) is 10.2. The molecule has 0 radical (unpaired) electrons. The molecule has 1 fully saturated rings. The van der Waals surface area contributed by atoms with Gasteiger partial charge < -0.3 is 15.0 Å². The Morgan fingerprint density at radius 2 is 1.56 bits per heavy atom. The summed E-state index contributed by atoms with van der Waals surface area (Å²) < 4.78 is 5.11. The molecule has 1 saturated heterocycles. The maximum absolute atomic E-state index is 12.5. The molecule has 3 rings (SSSR count). The van der Waals surface area contributed by atoms with Crippen LogP contribution in [-0.2, 0) is 14.3 Å². The third kappa shape index (κ3) is 6.45. The summed E-state index contributed by atoms with van der Waals surface area (Å²) in [5, 5.41) is 3.61. The zero-order chi connectivity index (χ0) is 23.3. The van der Waals surface area contributed by atoms with Gasteiger partial charge in [-0.25, -0.2) is 4.79 Å². The van der Waals surface area contributed by atoms with Crippen molar-refractivity contribution in [2.75, 3.05) is 44.6 Å². The second-order valence-electron chi connectivity index (χ2n) is 7.71. The van der Waals surface area contributed by atoms with Crippen molar-refractivity contribution < 1.29 is 19.1 Å². The molecule has 32 heavy (non-hydrogen) atoms. The quantitative estimate of drug-likeness (QED) is 0.643. The van der Waals surface area contributed by atoms with Crippen molar-refractivity contribution >= 4 is 46.7 Å². The Labute approximate surface area is 197 Å². The molecule has 9 heteroatoms. The summed E-state index contributed by atoms with van der Waals surface area (Å²) in [6.45, 7) is 5.83. The molecule has 1 heterocycles. The standard InChI is InChI=1S/C23H25Cl2N3O4/c1-15-4-3-5-16(2)22(15)26-20(29)13-27-6-8-28(9-7-27)21(30)14-32-23(31)17-10-18(24)12-19(25)11-17/h3-5,10-12H,6-9,13-14H2,1-2H3,(H,26,29). The van der Waals surface area contributed by atoms with Crippen LogP contribution < -0.4 is 5.32 Å². The minimum absolute atomic E-state index is 0.0868. The van der Waals surface area contributed by atoms with Crippen molar-refractivity contribution in [1.82, 2.24) is 9.80 Å². The number of carbonyl (C=O) groups excluding carboxylic acids is 3. The number of benzene rings is 2. The fraction of sp³-hybridized carbons (Fsp3) is 0.348. The average Bonchev–Trinajstić information content (AvgIpc) is 2.74. The minimum atomic E-state index is -0.662. The summed E-state index contributed by atoms with van der Waals surface area (Å²) in [4.78, 5) is 40.6. The molecule has 2 aromatic rings. The molecule has 0 atom stereocenters. The third-order valence-electron chi connectivity index (χ3n) is 5.26. The number of amides is 2. The van der Waals surface area contributed by atoms with Crippen LogP contribution in [0.15, 0.2) is 36.4 Å². The number of hydrogen-bond donors (Lipinski definition) is 1. The first-order valence-electron chi connectivity index (χ1n) is 10.2. The van der Waals surface area contributed by atoms with E-state index in [9.17, 15) is 14.4 Å². The topological polar surface area (TPSA) is 79.0 Å². The smallest absolute Gasteiger partial charge is 0.338 e. The number of nitrogens with zero attached hydrogens (tertiary/aromatic N) is 2. The molecule has 1 aliphatic rings. The molecule has 2 amide bonds. The van der Waals surface area contributed by atoms with E-state index < -0.39 is 5.97 Å². The lowest BCUT2D eigenvalue weighted by Crippen LogP contribution is -2.51. The molecule has 170 valence electrons. The lowest BCUT2D eigenvalue weighted by atomic mass is 10.1. The van der Waals surface area contributed by atoms with Gasteiger partial charge >= 0.3 is 5.97 Å². The number of aryl methyl sites for hydroxylation is 2. The predicted octanol–water partition coefficient (Wildman–Crippen LogP) is 3.55. The monoisotopic (exact) mass is 477 g/mol. The van der Waals surface area contributed by atoms with Crippen molar-refractivity contribution in [2.24, 2.45) is 0 Å². The number of carbonyl (C=O) groups is 3. The van der Waals surface area contributed by atoms with E-state index in [1.165, 1.54) is 18.2 Å². The Morgan fingerprint density at radius 3 is 2.16 bits per heavy atom. The van der Waals surface area contributed by atoms with Gasteiger partial charge in [0, 0.05) is 41.9 Å². The van der Waals surface area contributed by atoms with Gasteiger partial charge in [-0.05, 0) is 43.2 Å². The first-order valence-corrected chi connectivity index (χ1v) is 11.0. The van der Waals surface area contributed by atoms with Gasteiger partial charge in [-0.2, -0.15) is 0 Å². The Bertz CT molecular complexity index is 980.